The minimum atomic E-state index is 0.395. The molecule has 0 N–H and O–H groups in total. The van der Waals surface area contributed by atoms with Crippen LogP contribution in [0.2, 0.25) is 0 Å². The van der Waals surface area contributed by atoms with Crippen molar-refractivity contribution in [3.8, 4) is 0 Å². The molecular formula is C15H24O. The van der Waals surface area contributed by atoms with Crippen LogP contribution >= 0.6 is 0 Å². The van der Waals surface area contributed by atoms with Crippen molar-refractivity contribution < 1.29 is 4.79 Å². The van der Waals surface area contributed by atoms with Crippen LogP contribution in [-0.2, 0) is 4.79 Å². The number of allylic oxidation sites excluding steroid dienone is 4. The van der Waals surface area contributed by atoms with Crippen molar-refractivity contribution in [2.24, 2.45) is 5.92 Å². The van der Waals surface area contributed by atoms with E-state index in [0.29, 0.717) is 18.1 Å². The third-order valence-electron chi connectivity index (χ3n) is 3.14. The van der Waals surface area contributed by atoms with E-state index in [-0.39, 0.29) is 0 Å². The molecule has 0 spiro atoms. The predicted octanol–water partition coefficient (Wildman–Crippen LogP) is 4.44. The van der Waals surface area contributed by atoms with Crippen LogP contribution in [-0.4, -0.2) is 5.78 Å². The highest BCUT2D eigenvalue weighted by Gasteiger charge is 2.10. The normalized spacial score (nSPS) is 19.6. The van der Waals surface area contributed by atoms with E-state index in [1.807, 2.05) is 0 Å². The Labute approximate surface area is 99.6 Å². The first-order valence-electron chi connectivity index (χ1n) is 6.65. The van der Waals surface area contributed by atoms with Crippen LogP contribution in [0.4, 0.5) is 0 Å². The second-order valence-corrected chi connectivity index (χ2v) is 4.74. The number of ketones is 1. The Morgan fingerprint density at radius 2 is 2.19 bits per heavy atom. The summed E-state index contributed by atoms with van der Waals surface area (Å²) in [5.74, 6) is 1.10. The number of hydrogen-bond acceptors (Lipinski definition) is 1. The summed E-state index contributed by atoms with van der Waals surface area (Å²) in [7, 11) is 0. The molecule has 1 heteroatoms. The fourth-order valence-corrected chi connectivity index (χ4v) is 2.12. The zero-order valence-corrected chi connectivity index (χ0v) is 10.7. The molecule has 0 aromatic carbocycles. The highest BCUT2D eigenvalue weighted by atomic mass is 16.1. The lowest BCUT2D eigenvalue weighted by atomic mass is 9.91. The Morgan fingerprint density at radius 1 is 1.38 bits per heavy atom. The Kier molecular flexibility index (Phi) is 6.14. The SMILES string of the molecule is CCCCC(=O)CC1=CCC(CCC)C=C1. The van der Waals surface area contributed by atoms with Gasteiger partial charge in [0.15, 0.2) is 0 Å². The van der Waals surface area contributed by atoms with E-state index < -0.39 is 0 Å². The molecule has 1 aliphatic carbocycles. The number of carbonyl (C=O) groups excluding carboxylic acids is 1. The highest BCUT2D eigenvalue weighted by Crippen LogP contribution is 2.22. The lowest BCUT2D eigenvalue weighted by Crippen LogP contribution is -2.03. The fourth-order valence-electron chi connectivity index (χ4n) is 2.12. The van der Waals surface area contributed by atoms with Crippen LogP contribution in [0, 0.1) is 5.92 Å². The molecule has 90 valence electrons. The molecule has 1 rings (SSSR count). The molecule has 0 heterocycles. The van der Waals surface area contributed by atoms with Crippen molar-refractivity contribution in [2.45, 2.75) is 58.8 Å². The van der Waals surface area contributed by atoms with E-state index in [1.54, 1.807) is 0 Å². The third-order valence-corrected chi connectivity index (χ3v) is 3.14. The van der Waals surface area contributed by atoms with Crippen molar-refractivity contribution in [1.29, 1.82) is 0 Å². The number of carbonyl (C=O) groups is 1. The molecule has 0 aromatic rings. The summed E-state index contributed by atoms with van der Waals surface area (Å²) in [6, 6.07) is 0. The zero-order chi connectivity index (χ0) is 11.8. The molecule has 0 saturated carbocycles. The Morgan fingerprint density at radius 3 is 2.75 bits per heavy atom. The molecule has 0 saturated heterocycles. The standard InChI is InChI=1S/C15H24O/c1-3-5-7-15(16)12-14-10-8-13(6-4-2)9-11-14/h8,10-11,13H,3-7,9,12H2,1-2H3. The highest BCUT2D eigenvalue weighted by molar-refractivity contribution is 5.81. The predicted molar refractivity (Wildman–Crippen MR) is 69.4 cm³/mol. The third kappa shape index (κ3) is 4.78. The van der Waals surface area contributed by atoms with Gasteiger partial charge in [0.05, 0.1) is 0 Å². The molecule has 1 aliphatic rings. The molecular weight excluding hydrogens is 196 g/mol. The molecule has 0 aliphatic heterocycles. The molecule has 0 fully saturated rings. The minimum absolute atomic E-state index is 0.395. The van der Waals surface area contributed by atoms with Crippen LogP contribution in [0.25, 0.3) is 0 Å². The topological polar surface area (TPSA) is 17.1 Å². The molecule has 1 nitrogen and oxygen atoms in total. The molecule has 0 amide bonds. The Hall–Kier alpha value is -0.850. The van der Waals surface area contributed by atoms with Gasteiger partial charge in [0, 0.05) is 12.8 Å². The first-order valence-corrected chi connectivity index (χ1v) is 6.65. The van der Waals surface area contributed by atoms with Gasteiger partial charge >= 0.3 is 0 Å². The van der Waals surface area contributed by atoms with Crippen LogP contribution in [0.5, 0.6) is 0 Å². The van der Waals surface area contributed by atoms with Gasteiger partial charge in [-0.1, -0.05) is 44.9 Å². The summed E-state index contributed by atoms with van der Waals surface area (Å²) in [5.41, 5.74) is 1.23. The van der Waals surface area contributed by atoms with Gasteiger partial charge in [-0.2, -0.15) is 0 Å². The lowest BCUT2D eigenvalue weighted by Gasteiger charge is -2.14. The number of rotatable bonds is 7. The van der Waals surface area contributed by atoms with E-state index >= 15 is 0 Å². The molecule has 0 radical (unpaired) electrons. The van der Waals surface area contributed by atoms with Gasteiger partial charge in [-0.3, -0.25) is 4.79 Å². The quantitative estimate of drug-likeness (QED) is 0.620. The molecule has 1 unspecified atom stereocenters. The van der Waals surface area contributed by atoms with Crippen LogP contribution < -0.4 is 0 Å². The first-order chi connectivity index (χ1) is 7.76. The van der Waals surface area contributed by atoms with E-state index in [1.165, 1.54) is 18.4 Å². The Balaban J connectivity index is 2.30. The monoisotopic (exact) mass is 220 g/mol. The summed E-state index contributed by atoms with van der Waals surface area (Å²) in [6.45, 7) is 4.35. The van der Waals surface area contributed by atoms with Gasteiger partial charge in [0.25, 0.3) is 0 Å². The summed E-state index contributed by atoms with van der Waals surface area (Å²) >= 11 is 0. The summed E-state index contributed by atoms with van der Waals surface area (Å²) in [4.78, 5) is 11.6. The van der Waals surface area contributed by atoms with Crippen LogP contribution in [0.3, 0.4) is 0 Å². The maximum atomic E-state index is 11.6. The second kappa shape index (κ2) is 7.43. The van der Waals surface area contributed by atoms with Crippen molar-refractivity contribution in [3.63, 3.8) is 0 Å². The fraction of sp³-hybridized carbons (Fsp3) is 0.667. The summed E-state index contributed by atoms with van der Waals surface area (Å²) in [6.07, 6.45) is 13.9. The zero-order valence-electron chi connectivity index (χ0n) is 10.7. The minimum Gasteiger partial charge on any atom is -0.299 e. The molecule has 0 bridgehead atoms. The van der Waals surface area contributed by atoms with Crippen molar-refractivity contribution in [1.82, 2.24) is 0 Å². The largest absolute Gasteiger partial charge is 0.299 e. The van der Waals surface area contributed by atoms with E-state index in [9.17, 15) is 4.79 Å². The first kappa shape index (κ1) is 13.2. The van der Waals surface area contributed by atoms with Crippen LogP contribution in [0.1, 0.15) is 58.8 Å². The smallest absolute Gasteiger partial charge is 0.137 e. The van der Waals surface area contributed by atoms with Gasteiger partial charge in [-0.25, -0.2) is 0 Å². The molecule has 0 aromatic heterocycles. The Bertz CT molecular complexity index is 273. The van der Waals surface area contributed by atoms with Crippen molar-refractivity contribution in [2.75, 3.05) is 0 Å². The molecule has 16 heavy (non-hydrogen) atoms. The van der Waals surface area contributed by atoms with E-state index in [2.05, 4.69) is 32.1 Å². The number of hydrogen-bond donors (Lipinski definition) is 0. The van der Waals surface area contributed by atoms with Gasteiger partial charge in [0.2, 0.25) is 0 Å². The van der Waals surface area contributed by atoms with Crippen molar-refractivity contribution >= 4 is 5.78 Å². The van der Waals surface area contributed by atoms with E-state index in [0.717, 1.165) is 25.7 Å². The summed E-state index contributed by atoms with van der Waals surface area (Å²) < 4.78 is 0. The van der Waals surface area contributed by atoms with Gasteiger partial charge in [0.1, 0.15) is 5.78 Å². The van der Waals surface area contributed by atoms with Gasteiger partial charge in [-0.05, 0) is 30.8 Å². The van der Waals surface area contributed by atoms with Crippen molar-refractivity contribution in [3.05, 3.63) is 23.8 Å². The van der Waals surface area contributed by atoms with Gasteiger partial charge < -0.3 is 0 Å². The summed E-state index contributed by atoms with van der Waals surface area (Å²) in [5, 5.41) is 0. The van der Waals surface area contributed by atoms with Crippen LogP contribution in [0.15, 0.2) is 23.8 Å². The van der Waals surface area contributed by atoms with Gasteiger partial charge in [-0.15, -0.1) is 0 Å². The maximum absolute atomic E-state index is 11.6. The lowest BCUT2D eigenvalue weighted by molar-refractivity contribution is -0.118. The molecule has 1 atom stereocenters. The number of Topliss-reactive ketones (excluding diaryl/α,β-unsaturated/α-hetero) is 1. The number of unbranched alkanes of at least 4 members (excludes halogenated alkanes) is 1. The maximum Gasteiger partial charge on any atom is 0.137 e. The van der Waals surface area contributed by atoms with E-state index in [4.69, 9.17) is 0 Å². The average molecular weight is 220 g/mol. The second-order valence-electron chi connectivity index (χ2n) is 4.74. The average Bonchev–Trinajstić information content (AvgIpc) is 2.29.